The number of methoxy groups -OCH3 is 2. The molecule has 1 aliphatic rings. The van der Waals surface area contributed by atoms with Crippen LogP contribution in [0.1, 0.15) is 15.2 Å². The molecule has 1 fully saturated rings. The van der Waals surface area contributed by atoms with Crippen molar-refractivity contribution in [2.75, 3.05) is 62.3 Å². The number of morpholine rings is 1. The van der Waals surface area contributed by atoms with Crippen LogP contribution in [0.3, 0.4) is 0 Å². The number of carbonyl (C=O) groups is 1. The molecule has 37 heavy (non-hydrogen) atoms. The van der Waals surface area contributed by atoms with Crippen LogP contribution in [-0.4, -0.2) is 62.7 Å². The molecule has 0 aliphatic carbocycles. The summed E-state index contributed by atoms with van der Waals surface area (Å²) >= 11 is 2.28. The number of thioether (sulfide) groups is 1. The summed E-state index contributed by atoms with van der Waals surface area (Å²) in [4.78, 5) is 22.6. The second-order valence-corrected chi connectivity index (χ2v) is 9.75. The van der Waals surface area contributed by atoms with Gasteiger partial charge in [0.2, 0.25) is 0 Å². The van der Waals surface area contributed by atoms with Crippen LogP contribution in [0, 0.1) is 0 Å². The summed E-state index contributed by atoms with van der Waals surface area (Å²) in [5.41, 5.74) is 0.0999. The monoisotopic (exact) mass is 555 g/mol. The van der Waals surface area contributed by atoms with Crippen molar-refractivity contribution in [3.63, 3.8) is 0 Å². The Morgan fingerprint density at radius 3 is 2.57 bits per heavy atom. The number of halogens is 3. The van der Waals surface area contributed by atoms with Crippen molar-refractivity contribution in [2.24, 2.45) is 0 Å². The van der Waals surface area contributed by atoms with Crippen molar-refractivity contribution in [3.8, 4) is 5.75 Å². The third-order valence-corrected chi connectivity index (χ3v) is 7.46. The van der Waals surface area contributed by atoms with E-state index in [-0.39, 0.29) is 22.2 Å². The first-order chi connectivity index (χ1) is 17.7. The molecule has 2 N–H and O–H groups in total. The number of benzene rings is 1. The fourth-order valence-electron chi connectivity index (χ4n) is 3.63. The Hall–Kier alpha value is -3.23. The standard InChI is InChI=1S/C23H24F3N5O4S2/c1-33-17-5-4-13(31-6-8-35-9-7-31)10-16(17)28-18-11-15(14(12-27-18)23(24,25)26)29-20-19(21(32)34-2)37-22(30-20)36-3/h4-5,10-12H,6-9H2,1-3H3,(H2,27,28,29). The molecule has 3 heterocycles. The maximum absolute atomic E-state index is 13.8. The van der Waals surface area contributed by atoms with E-state index in [0.29, 0.717) is 42.1 Å². The van der Waals surface area contributed by atoms with Gasteiger partial charge in [-0.3, -0.25) is 0 Å². The molecule has 0 atom stereocenters. The van der Waals surface area contributed by atoms with E-state index in [1.54, 1.807) is 12.3 Å². The maximum Gasteiger partial charge on any atom is 0.419 e. The van der Waals surface area contributed by atoms with Gasteiger partial charge in [-0.25, -0.2) is 14.8 Å². The second kappa shape index (κ2) is 11.4. The van der Waals surface area contributed by atoms with Crippen LogP contribution < -0.4 is 20.3 Å². The molecule has 1 saturated heterocycles. The van der Waals surface area contributed by atoms with Gasteiger partial charge < -0.3 is 29.7 Å². The molecule has 0 spiro atoms. The Bertz CT molecular complexity index is 1270. The summed E-state index contributed by atoms with van der Waals surface area (Å²) in [7, 11) is 2.70. The van der Waals surface area contributed by atoms with E-state index in [0.717, 1.165) is 23.2 Å². The zero-order chi connectivity index (χ0) is 26.6. The summed E-state index contributed by atoms with van der Waals surface area (Å²) in [6, 6.07) is 6.74. The summed E-state index contributed by atoms with van der Waals surface area (Å²) in [5, 5.41) is 5.73. The molecule has 198 valence electrons. The number of hydrogen-bond acceptors (Lipinski definition) is 11. The first kappa shape index (κ1) is 26.8. The van der Waals surface area contributed by atoms with Gasteiger partial charge >= 0.3 is 12.1 Å². The first-order valence-corrected chi connectivity index (χ1v) is 13.0. The molecule has 0 amide bonds. The number of alkyl halides is 3. The molecule has 1 aromatic carbocycles. The number of hydrogen-bond donors (Lipinski definition) is 2. The lowest BCUT2D eigenvalue weighted by Gasteiger charge is -2.29. The predicted molar refractivity (Wildman–Crippen MR) is 137 cm³/mol. The van der Waals surface area contributed by atoms with Gasteiger partial charge in [-0.15, -0.1) is 0 Å². The van der Waals surface area contributed by atoms with Gasteiger partial charge in [-0.05, 0) is 24.5 Å². The van der Waals surface area contributed by atoms with Gasteiger partial charge in [0, 0.05) is 31.0 Å². The molecule has 3 aromatic rings. The van der Waals surface area contributed by atoms with Crippen molar-refractivity contribution in [1.82, 2.24) is 9.97 Å². The Balaban J connectivity index is 1.70. The van der Waals surface area contributed by atoms with Crippen LogP contribution >= 0.6 is 23.1 Å². The SMILES string of the molecule is COC(=O)c1sc(SC)nc1Nc1cc(Nc2cc(N3CCOCC3)ccc2OC)ncc1C(F)(F)F. The third-order valence-electron chi connectivity index (χ3n) is 5.44. The minimum Gasteiger partial charge on any atom is -0.495 e. The molecular weight excluding hydrogens is 531 g/mol. The number of aromatic nitrogens is 2. The lowest BCUT2D eigenvalue weighted by Crippen LogP contribution is -2.36. The Morgan fingerprint density at radius 1 is 1.16 bits per heavy atom. The minimum atomic E-state index is -4.70. The predicted octanol–water partition coefficient (Wildman–Crippen LogP) is 5.40. The van der Waals surface area contributed by atoms with Crippen molar-refractivity contribution in [2.45, 2.75) is 10.5 Å². The smallest absolute Gasteiger partial charge is 0.419 e. The summed E-state index contributed by atoms with van der Waals surface area (Å²) in [5.74, 6) is -0.111. The van der Waals surface area contributed by atoms with E-state index in [4.69, 9.17) is 14.2 Å². The minimum absolute atomic E-state index is 0.0317. The van der Waals surface area contributed by atoms with Crippen LogP contribution in [0.4, 0.5) is 41.9 Å². The highest BCUT2D eigenvalue weighted by Crippen LogP contribution is 2.40. The molecule has 4 rings (SSSR count). The van der Waals surface area contributed by atoms with Crippen LogP contribution in [0.25, 0.3) is 0 Å². The molecule has 9 nitrogen and oxygen atoms in total. The first-order valence-electron chi connectivity index (χ1n) is 11.0. The zero-order valence-corrected chi connectivity index (χ0v) is 21.8. The van der Waals surface area contributed by atoms with Crippen molar-refractivity contribution in [1.29, 1.82) is 0 Å². The molecule has 0 bridgehead atoms. The van der Waals surface area contributed by atoms with Crippen LogP contribution in [-0.2, 0) is 15.7 Å². The van der Waals surface area contributed by atoms with Crippen LogP contribution in [0.2, 0.25) is 0 Å². The lowest BCUT2D eigenvalue weighted by atomic mass is 10.2. The largest absolute Gasteiger partial charge is 0.495 e. The molecule has 0 saturated carbocycles. The number of anilines is 5. The second-order valence-electron chi connectivity index (χ2n) is 7.70. The van der Waals surface area contributed by atoms with E-state index in [9.17, 15) is 18.0 Å². The van der Waals surface area contributed by atoms with E-state index in [2.05, 4.69) is 25.5 Å². The highest BCUT2D eigenvalue weighted by Gasteiger charge is 2.35. The van der Waals surface area contributed by atoms with Gasteiger partial charge in [0.25, 0.3) is 0 Å². The van der Waals surface area contributed by atoms with Gasteiger partial charge in [0.05, 0.1) is 44.4 Å². The van der Waals surface area contributed by atoms with Crippen molar-refractivity contribution >= 4 is 57.8 Å². The van der Waals surface area contributed by atoms with Crippen molar-refractivity contribution in [3.05, 3.63) is 40.9 Å². The Labute approximate surface area is 219 Å². The third kappa shape index (κ3) is 6.19. The summed E-state index contributed by atoms with van der Waals surface area (Å²) in [6.07, 6.45) is -2.23. The molecule has 0 radical (unpaired) electrons. The van der Waals surface area contributed by atoms with E-state index in [1.165, 1.54) is 32.0 Å². The fourth-order valence-corrected chi connectivity index (χ4v) is 5.07. The maximum atomic E-state index is 13.8. The van der Waals surface area contributed by atoms with Crippen LogP contribution in [0.15, 0.2) is 34.8 Å². The normalized spacial score (nSPS) is 13.8. The number of carbonyl (C=O) groups excluding carboxylic acids is 1. The van der Waals surface area contributed by atoms with E-state index < -0.39 is 17.7 Å². The number of thiazole rings is 1. The molecule has 0 unspecified atom stereocenters. The number of nitrogens with zero attached hydrogens (tertiary/aromatic N) is 3. The highest BCUT2D eigenvalue weighted by molar-refractivity contribution is 8.00. The number of rotatable bonds is 8. The van der Waals surface area contributed by atoms with Gasteiger partial charge in [-0.1, -0.05) is 23.1 Å². The highest BCUT2D eigenvalue weighted by atomic mass is 32.2. The molecule has 2 aromatic heterocycles. The topological polar surface area (TPSA) is 97.8 Å². The molecule has 1 aliphatic heterocycles. The quantitative estimate of drug-likeness (QED) is 0.278. The average Bonchev–Trinajstić information content (AvgIpc) is 3.31. The Kier molecular flexibility index (Phi) is 8.29. The zero-order valence-electron chi connectivity index (χ0n) is 20.1. The number of ether oxygens (including phenoxy) is 3. The summed E-state index contributed by atoms with van der Waals surface area (Å²) in [6.45, 7) is 2.64. The van der Waals surface area contributed by atoms with E-state index >= 15 is 0 Å². The van der Waals surface area contributed by atoms with Crippen LogP contribution in [0.5, 0.6) is 5.75 Å². The molecular formula is C23H24F3N5O4S2. The molecule has 14 heteroatoms. The van der Waals surface area contributed by atoms with Gasteiger partial charge in [0.1, 0.15) is 11.6 Å². The number of esters is 1. The number of nitrogens with one attached hydrogen (secondary N) is 2. The van der Waals surface area contributed by atoms with Gasteiger partial charge in [0.15, 0.2) is 15.0 Å². The summed E-state index contributed by atoms with van der Waals surface area (Å²) < 4.78 is 57.6. The number of pyridine rings is 1. The average molecular weight is 556 g/mol. The van der Waals surface area contributed by atoms with Gasteiger partial charge in [-0.2, -0.15) is 13.2 Å². The lowest BCUT2D eigenvalue weighted by molar-refractivity contribution is -0.137. The van der Waals surface area contributed by atoms with E-state index in [1.807, 2.05) is 12.1 Å². The van der Waals surface area contributed by atoms with Crippen molar-refractivity contribution < 1.29 is 32.2 Å². The Morgan fingerprint density at radius 2 is 1.92 bits per heavy atom. The fraction of sp³-hybridized carbons (Fsp3) is 0.348.